The number of hydrogen-bond donors (Lipinski definition) is 1. The maximum atomic E-state index is 10.9. The lowest BCUT2D eigenvalue weighted by atomic mass is 10.1. The van der Waals surface area contributed by atoms with Crippen LogP contribution in [0.3, 0.4) is 0 Å². The van der Waals surface area contributed by atoms with Gasteiger partial charge in [-0.15, -0.1) is 0 Å². The molecule has 0 fully saturated rings. The smallest absolute Gasteiger partial charge is 0.0969 e. The first-order valence-corrected chi connectivity index (χ1v) is 9.63. The van der Waals surface area contributed by atoms with E-state index in [2.05, 4.69) is 47.7 Å². The van der Waals surface area contributed by atoms with E-state index in [0.29, 0.717) is 6.54 Å². The average molecular weight is 369 g/mol. The van der Waals surface area contributed by atoms with Gasteiger partial charge < -0.3 is 14.6 Å². The van der Waals surface area contributed by atoms with Crippen LogP contribution < -0.4 is 0 Å². The van der Waals surface area contributed by atoms with Crippen molar-refractivity contribution in [1.29, 1.82) is 0 Å². The lowest BCUT2D eigenvalue weighted by Crippen LogP contribution is -2.21. The Hall–Kier alpha value is -1.81. The molecule has 1 unspecified atom stereocenters. The largest absolute Gasteiger partial charge is 0.387 e. The molecule has 0 aliphatic carbocycles. The van der Waals surface area contributed by atoms with Gasteiger partial charge in [-0.2, -0.15) is 0 Å². The zero-order chi connectivity index (χ0) is 18.3. The summed E-state index contributed by atoms with van der Waals surface area (Å²) in [6.45, 7) is 4.73. The Morgan fingerprint density at radius 2 is 1.81 bits per heavy atom. The number of rotatable bonds is 3. The second-order valence-electron chi connectivity index (χ2n) is 7.43. The Balaban J connectivity index is 1.77. The van der Waals surface area contributed by atoms with Gasteiger partial charge in [-0.05, 0) is 49.7 Å². The molecular weight excluding hydrogens is 344 g/mol. The third kappa shape index (κ3) is 3.27. The van der Waals surface area contributed by atoms with Crippen molar-refractivity contribution in [3.8, 4) is 0 Å². The second kappa shape index (κ2) is 7.07. The molecule has 0 radical (unpaired) electrons. The molecule has 1 aromatic heterocycles. The summed E-state index contributed by atoms with van der Waals surface area (Å²) in [4.78, 5) is 2.37. The van der Waals surface area contributed by atoms with Crippen LogP contribution in [0.2, 0.25) is 5.02 Å². The number of aromatic nitrogens is 1. The molecule has 1 atom stereocenters. The van der Waals surface area contributed by atoms with Gasteiger partial charge in [0.25, 0.3) is 0 Å². The fourth-order valence-corrected chi connectivity index (χ4v) is 4.17. The first-order chi connectivity index (χ1) is 12.5. The van der Waals surface area contributed by atoms with Gasteiger partial charge in [-0.25, -0.2) is 0 Å². The molecule has 4 heteroatoms. The molecule has 0 amide bonds. The van der Waals surface area contributed by atoms with Gasteiger partial charge in [-0.3, -0.25) is 0 Å². The van der Waals surface area contributed by atoms with Crippen molar-refractivity contribution >= 4 is 22.5 Å². The van der Waals surface area contributed by atoms with E-state index in [0.717, 1.165) is 36.5 Å². The van der Waals surface area contributed by atoms with Crippen LogP contribution >= 0.6 is 11.6 Å². The number of nitrogens with zero attached hydrogens (tertiary/aromatic N) is 2. The topological polar surface area (TPSA) is 28.4 Å². The molecule has 2 heterocycles. The van der Waals surface area contributed by atoms with E-state index in [1.54, 1.807) is 0 Å². The van der Waals surface area contributed by atoms with Crippen LogP contribution in [0.1, 0.15) is 28.5 Å². The number of hydrogen-bond acceptors (Lipinski definition) is 2. The van der Waals surface area contributed by atoms with Crippen LogP contribution in [0, 0.1) is 6.92 Å². The molecule has 1 aliphatic rings. The maximum Gasteiger partial charge on any atom is 0.0969 e. The van der Waals surface area contributed by atoms with Gasteiger partial charge in [-0.1, -0.05) is 41.4 Å². The van der Waals surface area contributed by atoms with Crippen molar-refractivity contribution in [3.05, 3.63) is 69.9 Å². The summed E-state index contributed by atoms with van der Waals surface area (Å²) in [6.07, 6.45) is 1.50. The third-order valence-electron chi connectivity index (χ3n) is 5.54. The van der Waals surface area contributed by atoms with E-state index in [1.807, 2.05) is 18.2 Å². The Bertz CT molecular complexity index is 929. The predicted octanol–water partition coefficient (Wildman–Crippen LogP) is 4.37. The quantitative estimate of drug-likeness (QED) is 0.743. The molecule has 1 aliphatic heterocycles. The Morgan fingerprint density at radius 3 is 2.58 bits per heavy atom. The molecule has 136 valence electrons. The van der Waals surface area contributed by atoms with Crippen molar-refractivity contribution in [2.45, 2.75) is 32.4 Å². The number of benzene rings is 2. The van der Waals surface area contributed by atoms with E-state index in [4.69, 9.17) is 11.6 Å². The number of fused-ring (bicyclic) bond motifs is 3. The first-order valence-electron chi connectivity index (χ1n) is 9.25. The van der Waals surface area contributed by atoms with Gasteiger partial charge in [0.05, 0.1) is 12.6 Å². The van der Waals surface area contributed by atoms with E-state index in [9.17, 15) is 5.11 Å². The highest BCUT2D eigenvalue weighted by molar-refractivity contribution is 6.31. The van der Waals surface area contributed by atoms with E-state index in [-0.39, 0.29) is 0 Å². The van der Waals surface area contributed by atoms with Crippen molar-refractivity contribution in [3.63, 3.8) is 0 Å². The summed E-state index contributed by atoms with van der Waals surface area (Å²) in [7, 11) is 2.17. The van der Waals surface area contributed by atoms with E-state index in [1.165, 1.54) is 27.7 Å². The van der Waals surface area contributed by atoms with Crippen molar-refractivity contribution in [2.75, 3.05) is 20.1 Å². The van der Waals surface area contributed by atoms with Crippen molar-refractivity contribution < 1.29 is 5.11 Å². The number of likely N-dealkylation sites (N-methyl/N-ethyl adjacent to an activating group) is 1. The molecule has 26 heavy (non-hydrogen) atoms. The van der Waals surface area contributed by atoms with Gasteiger partial charge in [0, 0.05) is 41.1 Å². The minimum atomic E-state index is -0.521. The molecule has 0 saturated heterocycles. The van der Waals surface area contributed by atoms with Crippen LogP contribution in [0.25, 0.3) is 10.9 Å². The van der Waals surface area contributed by atoms with Crippen LogP contribution in [0.4, 0.5) is 0 Å². The zero-order valence-electron chi connectivity index (χ0n) is 15.4. The van der Waals surface area contributed by atoms with Gasteiger partial charge in [0.15, 0.2) is 0 Å². The molecule has 0 spiro atoms. The molecule has 0 bridgehead atoms. The number of aliphatic hydroxyl groups excluding tert-OH is 1. The van der Waals surface area contributed by atoms with Crippen LogP contribution in [0.15, 0.2) is 42.5 Å². The summed E-state index contributed by atoms with van der Waals surface area (Å²) in [5.41, 5.74) is 6.08. The van der Waals surface area contributed by atoms with Crippen LogP contribution in [-0.2, 0) is 19.4 Å². The van der Waals surface area contributed by atoms with E-state index < -0.39 is 6.10 Å². The Kier molecular flexibility index (Phi) is 4.78. The normalized spacial score (nSPS) is 16.5. The maximum absolute atomic E-state index is 10.9. The Labute approximate surface area is 159 Å². The predicted molar refractivity (Wildman–Crippen MR) is 108 cm³/mol. The minimum absolute atomic E-state index is 0.521. The van der Waals surface area contributed by atoms with Gasteiger partial charge in [0.2, 0.25) is 0 Å². The fourth-order valence-electron chi connectivity index (χ4n) is 4.00. The number of aliphatic hydroxyl groups is 1. The molecule has 0 saturated carbocycles. The summed E-state index contributed by atoms with van der Waals surface area (Å²) < 4.78 is 2.31. The van der Waals surface area contributed by atoms with Gasteiger partial charge >= 0.3 is 0 Å². The Morgan fingerprint density at radius 1 is 1.08 bits per heavy atom. The molecule has 4 rings (SSSR count). The van der Waals surface area contributed by atoms with Crippen LogP contribution in [-0.4, -0.2) is 34.7 Å². The summed E-state index contributed by atoms with van der Waals surface area (Å²) in [5.74, 6) is 0. The average Bonchev–Trinajstić information content (AvgIpc) is 2.76. The van der Waals surface area contributed by atoms with Crippen molar-refractivity contribution in [1.82, 2.24) is 9.47 Å². The minimum Gasteiger partial charge on any atom is -0.387 e. The highest BCUT2D eigenvalue weighted by atomic mass is 35.5. The first kappa shape index (κ1) is 17.6. The summed E-state index contributed by atoms with van der Waals surface area (Å²) >= 11 is 6.29. The molecule has 2 aromatic carbocycles. The lowest BCUT2D eigenvalue weighted by molar-refractivity contribution is 0.157. The standard InChI is InChI=1S/C22H25ClN2O/c1-15-3-5-16(6-4-15)22(26)14-25-20-8-7-17(23)13-19(20)18-9-11-24(2)12-10-21(18)25/h3-8,13,22,26H,9-12,14H2,1-2H3. The fraction of sp³-hybridized carbons (Fsp3) is 0.364. The second-order valence-corrected chi connectivity index (χ2v) is 7.86. The SMILES string of the molecule is Cc1ccc(C(O)Cn2c3c(c4cc(Cl)ccc42)CCN(C)CC3)cc1. The third-order valence-corrected chi connectivity index (χ3v) is 5.78. The van der Waals surface area contributed by atoms with E-state index >= 15 is 0 Å². The molecule has 3 aromatic rings. The summed E-state index contributed by atoms with van der Waals surface area (Å²) in [5, 5.41) is 12.9. The van der Waals surface area contributed by atoms with Gasteiger partial charge in [0.1, 0.15) is 0 Å². The molecule has 3 nitrogen and oxygen atoms in total. The van der Waals surface area contributed by atoms with Crippen molar-refractivity contribution in [2.24, 2.45) is 0 Å². The molecule has 1 N–H and O–H groups in total. The highest BCUT2D eigenvalue weighted by Crippen LogP contribution is 2.32. The summed E-state index contributed by atoms with van der Waals surface area (Å²) in [6, 6.07) is 14.3. The number of aryl methyl sites for hydroxylation is 1. The molecular formula is C22H25ClN2O. The number of halogens is 1. The monoisotopic (exact) mass is 368 g/mol. The lowest BCUT2D eigenvalue weighted by Gasteiger charge is -2.17. The zero-order valence-corrected chi connectivity index (χ0v) is 16.1. The van der Waals surface area contributed by atoms with Crippen LogP contribution in [0.5, 0.6) is 0 Å². The highest BCUT2D eigenvalue weighted by Gasteiger charge is 2.22.